The Hall–Kier alpha value is -2.97. The number of carbonyl (C=O) groups is 1. The maximum absolute atomic E-state index is 12.7. The van der Waals surface area contributed by atoms with Crippen LogP contribution in [0.3, 0.4) is 0 Å². The molecular weight excluding hydrogens is 392 g/mol. The summed E-state index contributed by atoms with van der Waals surface area (Å²) in [4.78, 5) is 12.7. The van der Waals surface area contributed by atoms with Gasteiger partial charge in [0.05, 0.1) is 39.5 Å². The Morgan fingerprint density at radius 1 is 1.03 bits per heavy atom. The number of carbonyl (C=O) groups excluding carboxylic acids is 1. The van der Waals surface area contributed by atoms with Crippen LogP contribution >= 0.6 is 0 Å². The van der Waals surface area contributed by atoms with E-state index in [1.54, 1.807) is 18.2 Å². The van der Waals surface area contributed by atoms with Crippen molar-refractivity contribution in [1.29, 1.82) is 0 Å². The van der Waals surface area contributed by atoms with E-state index in [-0.39, 0.29) is 31.9 Å². The van der Waals surface area contributed by atoms with Gasteiger partial charge in [-0.25, -0.2) is 0 Å². The summed E-state index contributed by atoms with van der Waals surface area (Å²) in [5.74, 6) is 0.304. The predicted octanol–water partition coefficient (Wildman–Crippen LogP) is 1.89. The van der Waals surface area contributed by atoms with Gasteiger partial charge in [-0.2, -0.15) is 0 Å². The molecule has 2 aliphatic heterocycles. The predicted molar refractivity (Wildman–Crippen MR) is 103 cm³/mol. The monoisotopic (exact) mass is 414 g/mol. The molecule has 1 fully saturated rings. The summed E-state index contributed by atoms with van der Waals surface area (Å²) < 4.78 is 27.3. The summed E-state index contributed by atoms with van der Waals surface area (Å²) >= 11 is 0. The van der Waals surface area contributed by atoms with Crippen molar-refractivity contribution in [2.75, 3.05) is 27.6 Å². The van der Waals surface area contributed by atoms with Crippen LogP contribution < -0.4 is 18.9 Å². The van der Waals surface area contributed by atoms with Crippen molar-refractivity contribution in [3.8, 4) is 23.0 Å². The molecule has 0 spiro atoms. The van der Waals surface area contributed by atoms with Gasteiger partial charge in [0.25, 0.3) is 0 Å². The zero-order chi connectivity index (χ0) is 21.0. The van der Waals surface area contributed by atoms with Gasteiger partial charge >= 0.3 is 5.97 Å². The number of hydrogen-bond donors (Lipinski definition) is 2. The highest BCUT2D eigenvalue weighted by molar-refractivity contribution is 5.78. The van der Waals surface area contributed by atoms with Crippen LogP contribution in [0.15, 0.2) is 24.3 Å². The number of benzene rings is 2. The Kier molecular flexibility index (Phi) is 4.48. The zero-order valence-electron chi connectivity index (χ0n) is 16.6. The summed E-state index contributed by atoms with van der Waals surface area (Å²) in [5, 5.41) is 20.9. The Morgan fingerprint density at radius 3 is 2.43 bits per heavy atom. The van der Waals surface area contributed by atoms with Crippen LogP contribution in [0.25, 0.3) is 0 Å². The van der Waals surface area contributed by atoms with Crippen LogP contribution in [0.2, 0.25) is 0 Å². The minimum atomic E-state index is -0.861. The van der Waals surface area contributed by atoms with Gasteiger partial charge in [-0.15, -0.1) is 0 Å². The summed E-state index contributed by atoms with van der Waals surface area (Å²) in [6, 6.07) is 7.21. The number of methoxy groups -OCH3 is 2. The van der Waals surface area contributed by atoms with Crippen molar-refractivity contribution >= 4 is 5.97 Å². The fraction of sp³-hybridized carbons (Fsp3) is 0.409. The Labute approximate surface area is 172 Å². The first-order valence-electron chi connectivity index (χ1n) is 9.71. The van der Waals surface area contributed by atoms with Gasteiger partial charge in [0.15, 0.2) is 23.0 Å². The van der Waals surface area contributed by atoms with Gasteiger partial charge in [-0.1, -0.05) is 0 Å². The van der Waals surface area contributed by atoms with Crippen LogP contribution in [0.5, 0.6) is 23.0 Å². The van der Waals surface area contributed by atoms with Crippen LogP contribution in [-0.4, -0.2) is 43.8 Å². The second kappa shape index (κ2) is 7.07. The number of hydrogen-bond acceptors (Lipinski definition) is 8. The molecule has 158 valence electrons. The first kappa shape index (κ1) is 19.0. The molecule has 8 nitrogen and oxygen atoms in total. The van der Waals surface area contributed by atoms with E-state index in [4.69, 9.17) is 23.7 Å². The molecule has 0 amide bonds. The molecule has 0 radical (unpaired) electrons. The molecule has 0 saturated carbocycles. The van der Waals surface area contributed by atoms with Crippen molar-refractivity contribution in [1.82, 2.24) is 0 Å². The first-order chi connectivity index (χ1) is 14.6. The second-order valence-electron chi connectivity index (χ2n) is 7.65. The number of rotatable bonds is 4. The molecule has 2 N–H and O–H groups in total. The molecule has 2 heterocycles. The minimum absolute atomic E-state index is 0.110. The summed E-state index contributed by atoms with van der Waals surface area (Å²) in [6.45, 7) is 0.00333. The Bertz CT molecular complexity index is 991. The molecule has 0 aromatic heterocycles. The molecule has 2 unspecified atom stereocenters. The highest BCUT2D eigenvalue weighted by atomic mass is 16.7. The van der Waals surface area contributed by atoms with E-state index in [1.165, 1.54) is 14.2 Å². The minimum Gasteiger partial charge on any atom is -0.493 e. The van der Waals surface area contributed by atoms with E-state index >= 15 is 0 Å². The van der Waals surface area contributed by atoms with Crippen molar-refractivity contribution in [2.45, 2.75) is 18.6 Å². The topological polar surface area (TPSA) is 104 Å². The lowest BCUT2D eigenvalue weighted by Crippen LogP contribution is -2.34. The van der Waals surface area contributed by atoms with Gasteiger partial charge in [0.1, 0.15) is 0 Å². The third kappa shape index (κ3) is 2.64. The fourth-order valence-electron chi connectivity index (χ4n) is 4.90. The third-order valence-corrected chi connectivity index (χ3v) is 6.26. The number of cyclic esters (lactones) is 1. The molecule has 2 aromatic carbocycles. The smallest absolute Gasteiger partial charge is 0.310 e. The lowest BCUT2D eigenvalue weighted by molar-refractivity contribution is -0.141. The fourth-order valence-corrected chi connectivity index (χ4v) is 4.90. The zero-order valence-corrected chi connectivity index (χ0v) is 16.6. The molecule has 2 aromatic rings. The van der Waals surface area contributed by atoms with E-state index in [1.807, 2.05) is 6.07 Å². The van der Waals surface area contributed by atoms with E-state index in [0.717, 1.165) is 11.1 Å². The highest BCUT2D eigenvalue weighted by Crippen LogP contribution is 2.54. The van der Waals surface area contributed by atoms with Crippen molar-refractivity contribution in [2.24, 2.45) is 11.8 Å². The Balaban J connectivity index is 1.74. The molecule has 5 rings (SSSR count). The molecule has 0 bridgehead atoms. The normalized spacial score (nSPS) is 26.1. The van der Waals surface area contributed by atoms with Gasteiger partial charge in [0.2, 0.25) is 6.79 Å². The maximum Gasteiger partial charge on any atom is 0.310 e. The van der Waals surface area contributed by atoms with Crippen LogP contribution in [0.4, 0.5) is 0 Å². The van der Waals surface area contributed by atoms with E-state index in [2.05, 4.69) is 0 Å². The van der Waals surface area contributed by atoms with Gasteiger partial charge in [-0.3, -0.25) is 4.79 Å². The summed E-state index contributed by atoms with van der Waals surface area (Å²) in [5.41, 5.74) is 2.76. The molecule has 8 heteroatoms. The summed E-state index contributed by atoms with van der Waals surface area (Å²) in [6.07, 6.45) is -0.861. The number of esters is 1. The molecule has 3 aliphatic rings. The third-order valence-electron chi connectivity index (χ3n) is 6.26. The van der Waals surface area contributed by atoms with Crippen molar-refractivity contribution < 1.29 is 38.7 Å². The largest absolute Gasteiger partial charge is 0.493 e. The van der Waals surface area contributed by atoms with E-state index in [9.17, 15) is 15.0 Å². The highest BCUT2D eigenvalue weighted by Gasteiger charge is 2.52. The molecular formula is C22H22O8. The van der Waals surface area contributed by atoms with Crippen LogP contribution in [0, 0.1) is 11.8 Å². The molecule has 4 atom stereocenters. The van der Waals surface area contributed by atoms with Crippen LogP contribution in [0.1, 0.15) is 34.3 Å². The summed E-state index contributed by atoms with van der Waals surface area (Å²) in [7, 11) is 3.03. The lowest BCUT2D eigenvalue weighted by atomic mass is 9.66. The maximum atomic E-state index is 12.7. The van der Waals surface area contributed by atoms with Crippen LogP contribution in [-0.2, 0) is 16.1 Å². The second-order valence-corrected chi connectivity index (χ2v) is 7.65. The number of aliphatic hydroxyl groups excluding tert-OH is 2. The number of fused-ring (bicyclic) bond motifs is 3. The average molecular weight is 414 g/mol. The molecule has 1 aliphatic carbocycles. The van der Waals surface area contributed by atoms with Gasteiger partial charge in [0, 0.05) is 17.4 Å². The molecule has 1 saturated heterocycles. The number of aliphatic hydroxyl groups is 2. The standard InChI is InChI=1S/C22H22O8/c1-26-17-4-10(3-11(7-23)21(17)27-2)18-12-5-15-16(30-9-29-15)6-13(12)20(24)14-8-28-22(25)19(14)18/h3-6,14,18-20,23-24H,7-9H2,1-2H3/t14-,18?,19+,20?/m0/s1. The van der Waals surface area contributed by atoms with Gasteiger partial charge in [-0.05, 0) is 41.0 Å². The lowest BCUT2D eigenvalue weighted by Gasteiger charge is -2.37. The number of ether oxygens (including phenoxy) is 5. The Morgan fingerprint density at radius 2 is 1.77 bits per heavy atom. The quantitative estimate of drug-likeness (QED) is 0.731. The average Bonchev–Trinajstić information content (AvgIpc) is 3.38. The first-order valence-corrected chi connectivity index (χ1v) is 9.71. The molecule has 30 heavy (non-hydrogen) atoms. The van der Waals surface area contributed by atoms with Crippen molar-refractivity contribution in [3.63, 3.8) is 0 Å². The SMILES string of the molecule is COc1cc(C2c3cc4c(cc3C(O)[C@H]3COC(=O)[C@@H]23)OCO4)cc(CO)c1OC. The van der Waals surface area contributed by atoms with Gasteiger partial charge < -0.3 is 33.9 Å². The van der Waals surface area contributed by atoms with E-state index < -0.39 is 17.9 Å². The van der Waals surface area contributed by atoms with E-state index in [0.29, 0.717) is 34.1 Å². The van der Waals surface area contributed by atoms with Crippen molar-refractivity contribution in [3.05, 3.63) is 46.5 Å².